The second-order valence-electron chi connectivity index (χ2n) is 5.67. The molecule has 0 fully saturated rings. The summed E-state index contributed by atoms with van der Waals surface area (Å²) in [5.41, 5.74) is 4.15. The van der Waals surface area contributed by atoms with Gasteiger partial charge in [-0.05, 0) is 47.6 Å². The number of benzene rings is 2. The number of hydrogen-bond donors (Lipinski definition) is 1. The van der Waals surface area contributed by atoms with Crippen LogP contribution in [0.2, 0.25) is 0 Å². The van der Waals surface area contributed by atoms with Gasteiger partial charge < -0.3 is 9.84 Å². The lowest BCUT2D eigenvalue weighted by Gasteiger charge is -2.20. The Morgan fingerprint density at radius 1 is 1.17 bits per heavy atom. The summed E-state index contributed by atoms with van der Waals surface area (Å²) in [5, 5.41) is 10.1. The molecular weight excluding hydrogens is 324 g/mol. The molecular formula is C20H23ClO3. The number of halogens is 1. The Hall–Kier alpha value is -2.00. The molecule has 0 radical (unpaired) electrons. The van der Waals surface area contributed by atoms with Crippen molar-refractivity contribution >= 4 is 17.6 Å². The van der Waals surface area contributed by atoms with Crippen molar-refractivity contribution in [2.24, 2.45) is 0 Å². The van der Waals surface area contributed by atoms with E-state index >= 15 is 0 Å². The van der Waals surface area contributed by atoms with Crippen molar-refractivity contribution in [3.63, 3.8) is 0 Å². The van der Waals surface area contributed by atoms with Gasteiger partial charge in [0.1, 0.15) is 11.3 Å². The Balaban J connectivity index is 2.52. The molecule has 0 amide bonds. The zero-order valence-electron chi connectivity index (χ0n) is 14.3. The number of aryl methyl sites for hydroxylation is 1. The van der Waals surface area contributed by atoms with Gasteiger partial charge in [-0.2, -0.15) is 0 Å². The third-order valence-corrected chi connectivity index (χ3v) is 4.70. The molecule has 1 atom stereocenters. The Kier molecular flexibility index (Phi) is 6.27. The van der Waals surface area contributed by atoms with Crippen molar-refractivity contribution in [1.29, 1.82) is 0 Å². The topological polar surface area (TPSA) is 46.5 Å². The number of carbonyl (C=O) groups is 1. The lowest BCUT2D eigenvalue weighted by Crippen LogP contribution is -2.12. The molecule has 0 aliphatic heterocycles. The van der Waals surface area contributed by atoms with Crippen LogP contribution < -0.4 is 0 Å². The first-order valence-corrected chi connectivity index (χ1v) is 8.60. The summed E-state index contributed by atoms with van der Waals surface area (Å²) in [6, 6.07) is 11.5. The molecule has 128 valence electrons. The molecule has 0 saturated carbocycles. The number of hydrogen-bond acceptors (Lipinski definition) is 3. The molecule has 0 aliphatic carbocycles. The van der Waals surface area contributed by atoms with Crippen LogP contribution in [0.25, 0.3) is 0 Å². The number of ether oxygens (including phenoxy) is 1. The second kappa shape index (κ2) is 8.20. The smallest absolute Gasteiger partial charge is 0.341 e. The highest BCUT2D eigenvalue weighted by Gasteiger charge is 2.23. The number of phenolic OH excluding ortho intramolecular Hbond substituents is 1. The maximum Gasteiger partial charge on any atom is 0.341 e. The summed E-state index contributed by atoms with van der Waals surface area (Å²) in [4.78, 5) is 12.1. The number of phenols is 1. The fourth-order valence-electron chi connectivity index (χ4n) is 3.07. The molecule has 4 heteroatoms. The lowest BCUT2D eigenvalue weighted by atomic mass is 9.88. The molecule has 0 spiro atoms. The van der Waals surface area contributed by atoms with Crippen LogP contribution in [0.1, 0.15) is 51.8 Å². The second-order valence-corrected chi connectivity index (χ2v) is 6.19. The normalized spacial score (nSPS) is 12.0. The van der Waals surface area contributed by atoms with Crippen LogP contribution >= 0.6 is 11.6 Å². The van der Waals surface area contributed by atoms with E-state index in [0.29, 0.717) is 12.8 Å². The summed E-state index contributed by atoms with van der Waals surface area (Å²) >= 11 is 6.63. The Bertz CT molecular complexity index is 711. The van der Waals surface area contributed by atoms with Gasteiger partial charge in [0.15, 0.2) is 0 Å². The van der Waals surface area contributed by atoms with Crippen molar-refractivity contribution in [2.45, 2.75) is 38.5 Å². The molecule has 24 heavy (non-hydrogen) atoms. The maximum atomic E-state index is 12.1. The lowest BCUT2D eigenvalue weighted by molar-refractivity contribution is 0.0596. The van der Waals surface area contributed by atoms with Gasteiger partial charge in [-0.25, -0.2) is 4.79 Å². The van der Waals surface area contributed by atoms with E-state index in [4.69, 9.17) is 16.3 Å². The van der Waals surface area contributed by atoms with Gasteiger partial charge in [-0.1, -0.05) is 44.2 Å². The first-order chi connectivity index (χ1) is 11.5. The van der Waals surface area contributed by atoms with E-state index in [1.54, 1.807) is 6.07 Å². The van der Waals surface area contributed by atoms with Crippen molar-refractivity contribution in [3.8, 4) is 5.75 Å². The number of esters is 1. The standard InChI is InChI=1S/C20H23ClO3/c1-4-13-11-18(22)19(20(23)24-3)15(5-2)16(13)12-17(21)14-9-7-6-8-10-14/h6-11,17,22H,4-5,12H2,1-3H3. The SMILES string of the molecule is CCc1cc(O)c(C(=O)OC)c(CC)c1CC(Cl)c1ccccc1. The van der Waals surface area contributed by atoms with Gasteiger partial charge in [0.05, 0.1) is 12.5 Å². The molecule has 0 heterocycles. The highest BCUT2D eigenvalue weighted by Crippen LogP contribution is 2.34. The Morgan fingerprint density at radius 3 is 2.38 bits per heavy atom. The zero-order chi connectivity index (χ0) is 17.7. The van der Waals surface area contributed by atoms with Crippen LogP contribution in [0.5, 0.6) is 5.75 Å². The molecule has 0 aromatic heterocycles. The van der Waals surface area contributed by atoms with Crippen molar-refractivity contribution in [3.05, 3.63) is 64.2 Å². The average Bonchev–Trinajstić information content (AvgIpc) is 2.62. The van der Waals surface area contributed by atoms with Crippen molar-refractivity contribution in [1.82, 2.24) is 0 Å². The van der Waals surface area contributed by atoms with E-state index in [-0.39, 0.29) is 16.7 Å². The van der Waals surface area contributed by atoms with Gasteiger partial charge in [0, 0.05) is 0 Å². The minimum Gasteiger partial charge on any atom is -0.507 e. The van der Waals surface area contributed by atoms with E-state index in [0.717, 1.165) is 28.7 Å². The molecule has 0 saturated heterocycles. The quantitative estimate of drug-likeness (QED) is 0.602. The van der Waals surface area contributed by atoms with Crippen molar-refractivity contribution < 1.29 is 14.6 Å². The first-order valence-electron chi connectivity index (χ1n) is 8.17. The average molecular weight is 347 g/mol. The van der Waals surface area contributed by atoms with Gasteiger partial charge >= 0.3 is 5.97 Å². The first kappa shape index (κ1) is 18.3. The largest absolute Gasteiger partial charge is 0.507 e. The van der Waals surface area contributed by atoms with E-state index < -0.39 is 5.97 Å². The van der Waals surface area contributed by atoms with Crippen LogP contribution in [0.4, 0.5) is 0 Å². The monoisotopic (exact) mass is 346 g/mol. The predicted octanol–water partition coefficient (Wildman–Crippen LogP) is 4.83. The van der Waals surface area contributed by atoms with E-state index in [1.165, 1.54) is 7.11 Å². The molecule has 1 N–H and O–H groups in total. The molecule has 2 aromatic carbocycles. The van der Waals surface area contributed by atoms with Crippen LogP contribution in [-0.2, 0) is 24.0 Å². The van der Waals surface area contributed by atoms with Crippen LogP contribution in [0.15, 0.2) is 36.4 Å². The molecule has 0 aliphatic rings. The van der Waals surface area contributed by atoms with Gasteiger partial charge in [0.25, 0.3) is 0 Å². The predicted molar refractivity (Wildman–Crippen MR) is 96.9 cm³/mol. The van der Waals surface area contributed by atoms with Gasteiger partial charge in [-0.3, -0.25) is 0 Å². The number of methoxy groups -OCH3 is 1. The van der Waals surface area contributed by atoms with E-state index in [9.17, 15) is 9.90 Å². The molecule has 0 bridgehead atoms. The molecule has 2 aromatic rings. The molecule has 2 rings (SSSR count). The molecule has 1 unspecified atom stereocenters. The van der Waals surface area contributed by atoms with E-state index in [2.05, 4.69) is 0 Å². The van der Waals surface area contributed by atoms with Crippen LogP contribution in [0, 0.1) is 0 Å². The molecule has 3 nitrogen and oxygen atoms in total. The summed E-state index contributed by atoms with van der Waals surface area (Å²) in [6.07, 6.45) is 1.98. The number of aromatic hydroxyl groups is 1. The highest BCUT2D eigenvalue weighted by atomic mass is 35.5. The number of alkyl halides is 1. The summed E-state index contributed by atoms with van der Waals surface area (Å²) in [5.74, 6) is -0.538. The van der Waals surface area contributed by atoms with Crippen LogP contribution in [0.3, 0.4) is 0 Å². The third-order valence-electron chi connectivity index (χ3n) is 4.29. The minimum absolute atomic E-state index is 0.0230. The summed E-state index contributed by atoms with van der Waals surface area (Å²) in [6.45, 7) is 4.00. The Labute approximate surface area is 148 Å². The summed E-state index contributed by atoms with van der Waals surface area (Å²) in [7, 11) is 1.32. The van der Waals surface area contributed by atoms with Gasteiger partial charge in [0.2, 0.25) is 0 Å². The zero-order valence-corrected chi connectivity index (χ0v) is 15.1. The van der Waals surface area contributed by atoms with E-state index in [1.807, 2.05) is 44.2 Å². The fraction of sp³-hybridized carbons (Fsp3) is 0.350. The maximum absolute atomic E-state index is 12.1. The van der Waals surface area contributed by atoms with Gasteiger partial charge in [-0.15, -0.1) is 11.6 Å². The summed E-state index contributed by atoms with van der Waals surface area (Å²) < 4.78 is 4.85. The fourth-order valence-corrected chi connectivity index (χ4v) is 3.37. The van der Waals surface area contributed by atoms with Crippen molar-refractivity contribution in [2.75, 3.05) is 7.11 Å². The third kappa shape index (κ3) is 3.73. The van der Waals surface area contributed by atoms with Crippen LogP contribution in [-0.4, -0.2) is 18.2 Å². The Morgan fingerprint density at radius 2 is 1.83 bits per heavy atom. The highest BCUT2D eigenvalue weighted by molar-refractivity contribution is 6.21. The number of rotatable bonds is 6. The number of carbonyl (C=O) groups excluding carboxylic acids is 1. The minimum atomic E-state index is -0.515.